The van der Waals surface area contributed by atoms with Crippen molar-refractivity contribution in [3.63, 3.8) is 0 Å². The Morgan fingerprint density at radius 3 is 3.00 bits per heavy atom. The van der Waals surface area contributed by atoms with E-state index in [1.807, 2.05) is 14.0 Å². The molecule has 6 heteroatoms. The monoisotopic (exact) mass is 277 g/mol. The largest absolute Gasteiger partial charge is 0.438 e. The molecular formula is C14H19N3O3. The molecule has 0 bridgehead atoms. The quantitative estimate of drug-likeness (QED) is 0.841. The number of hydrogen-bond acceptors (Lipinski definition) is 5. The molecule has 0 radical (unpaired) electrons. The number of ether oxygens (including phenoxy) is 1. The fraction of sp³-hybridized carbons (Fsp3) is 0.429. The van der Waals surface area contributed by atoms with Crippen molar-refractivity contribution >= 4 is 22.7 Å². The number of nitrogens with zero attached hydrogens (tertiary/aromatic N) is 1. The van der Waals surface area contributed by atoms with Crippen LogP contribution in [0.5, 0.6) is 0 Å². The molecule has 2 rings (SSSR count). The summed E-state index contributed by atoms with van der Waals surface area (Å²) in [5.74, 6) is 0.394. The third kappa shape index (κ3) is 3.34. The van der Waals surface area contributed by atoms with Crippen molar-refractivity contribution in [2.24, 2.45) is 5.92 Å². The first kappa shape index (κ1) is 14.5. The predicted molar refractivity (Wildman–Crippen MR) is 76.4 cm³/mol. The van der Waals surface area contributed by atoms with Gasteiger partial charge in [0.25, 0.3) is 0 Å². The van der Waals surface area contributed by atoms with E-state index in [0.717, 1.165) is 0 Å². The number of aromatic nitrogens is 1. The van der Waals surface area contributed by atoms with Gasteiger partial charge in [0.05, 0.1) is 0 Å². The maximum absolute atomic E-state index is 11.9. The van der Waals surface area contributed by atoms with E-state index >= 15 is 0 Å². The summed E-state index contributed by atoms with van der Waals surface area (Å²) in [6.45, 7) is 2.84. The topological polar surface area (TPSA) is 76.4 Å². The molecular weight excluding hydrogens is 258 g/mol. The molecule has 1 aromatic heterocycles. The van der Waals surface area contributed by atoms with Gasteiger partial charge in [0.2, 0.25) is 11.8 Å². The minimum atomic E-state index is -0.0999. The van der Waals surface area contributed by atoms with Crippen LogP contribution in [0.15, 0.2) is 22.6 Å². The van der Waals surface area contributed by atoms with Crippen LogP contribution in [0.25, 0.3) is 11.1 Å². The molecule has 0 saturated heterocycles. The van der Waals surface area contributed by atoms with E-state index in [1.165, 1.54) is 0 Å². The van der Waals surface area contributed by atoms with Gasteiger partial charge in [0, 0.05) is 25.3 Å². The van der Waals surface area contributed by atoms with E-state index in [2.05, 4.69) is 15.6 Å². The third-order valence-electron chi connectivity index (χ3n) is 2.93. The van der Waals surface area contributed by atoms with Gasteiger partial charge < -0.3 is 19.8 Å². The maximum atomic E-state index is 11.9. The van der Waals surface area contributed by atoms with E-state index in [4.69, 9.17) is 9.15 Å². The van der Waals surface area contributed by atoms with E-state index in [1.54, 1.807) is 25.3 Å². The van der Waals surface area contributed by atoms with Crippen LogP contribution in [-0.2, 0) is 16.1 Å². The van der Waals surface area contributed by atoms with Gasteiger partial charge in [0.15, 0.2) is 5.58 Å². The number of benzene rings is 1. The van der Waals surface area contributed by atoms with Crippen molar-refractivity contribution in [2.75, 3.05) is 26.0 Å². The summed E-state index contributed by atoms with van der Waals surface area (Å²) in [7, 11) is 3.41. The molecule has 1 unspecified atom stereocenters. The second-order valence-corrected chi connectivity index (χ2v) is 4.67. The molecule has 2 aromatic rings. The standard InChI is InChI=1S/C14H19N3O3/c1-9(7-15-2)14(18)16-10-4-5-12-11(6-10)17-13(20-12)8-19-3/h4-6,9,15H,7-8H2,1-3H3,(H,16,18). The molecule has 6 nitrogen and oxygen atoms in total. The molecule has 0 aliphatic heterocycles. The lowest BCUT2D eigenvalue weighted by molar-refractivity contribution is -0.119. The number of hydrogen-bond donors (Lipinski definition) is 2. The smallest absolute Gasteiger partial charge is 0.228 e. The van der Waals surface area contributed by atoms with Crippen LogP contribution in [0, 0.1) is 5.92 Å². The third-order valence-corrected chi connectivity index (χ3v) is 2.93. The number of carbonyl (C=O) groups is 1. The highest BCUT2D eigenvalue weighted by Gasteiger charge is 2.13. The summed E-state index contributed by atoms with van der Waals surface area (Å²) in [5.41, 5.74) is 2.09. The van der Waals surface area contributed by atoms with Crippen LogP contribution < -0.4 is 10.6 Å². The Bertz CT molecular complexity index is 594. The van der Waals surface area contributed by atoms with Gasteiger partial charge in [-0.25, -0.2) is 4.98 Å². The van der Waals surface area contributed by atoms with Gasteiger partial charge >= 0.3 is 0 Å². The van der Waals surface area contributed by atoms with E-state index in [0.29, 0.717) is 35.8 Å². The Balaban J connectivity index is 2.13. The summed E-state index contributed by atoms with van der Waals surface area (Å²) in [6.07, 6.45) is 0. The van der Waals surface area contributed by atoms with Gasteiger partial charge in [-0.15, -0.1) is 0 Å². The molecule has 0 spiro atoms. The minimum absolute atomic E-state index is 0.0284. The minimum Gasteiger partial charge on any atom is -0.438 e. The zero-order chi connectivity index (χ0) is 14.5. The van der Waals surface area contributed by atoms with E-state index in [9.17, 15) is 4.79 Å². The summed E-state index contributed by atoms with van der Waals surface area (Å²) in [4.78, 5) is 16.2. The number of carbonyl (C=O) groups excluding carboxylic acids is 1. The van der Waals surface area contributed by atoms with Gasteiger partial charge in [-0.2, -0.15) is 0 Å². The number of fused-ring (bicyclic) bond motifs is 1. The molecule has 1 heterocycles. The second-order valence-electron chi connectivity index (χ2n) is 4.67. The van der Waals surface area contributed by atoms with Gasteiger partial charge in [-0.3, -0.25) is 4.79 Å². The first-order valence-electron chi connectivity index (χ1n) is 6.48. The molecule has 0 fully saturated rings. The van der Waals surface area contributed by atoms with Crippen LogP contribution in [-0.4, -0.2) is 31.6 Å². The number of nitrogens with one attached hydrogen (secondary N) is 2. The van der Waals surface area contributed by atoms with Gasteiger partial charge in [-0.05, 0) is 25.2 Å². The van der Waals surface area contributed by atoms with E-state index in [-0.39, 0.29) is 11.8 Å². The molecule has 0 saturated carbocycles. The lowest BCUT2D eigenvalue weighted by Crippen LogP contribution is -2.28. The highest BCUT2D eigenvalue weighted by Crippen LogP contribution is 2.20. The van der Waals surface area contributed by atoms with Crippen molar-refractivity contribution in [2.45, 2.75) is 13.5 Å². The summed E-state index contributed by atoms with van der Waals surface area (Å²) in [6, 6.07) is 5.38. The lowest BCUT2D eigenvalue weighted by Gasteiger charge is -2.11. The Morgan fingerprint density at radius 2 is 2.30 bits per heavy atom. The molecule has 1 amide bonds. The van der Waals surface area contributed by atoms with Gasteiger partial charge in [0.1, 0.15) is 12.1 Å². The van der Waals surface area contributed by atoms with Crippen LogP contribution in [0.4, 0.5) is 5.69 Å². The normalized spacial score (nSPS) is 12.6. The number of anilines is 1. The zero-order valence-electron chi connectivity index (χ0n) is 11.9. The van der Waals surface area contributed by atoms with Crippen LogP contribution >= 0.6 is 0 Å². The first-order chi connectivity index (χ1) is 9.63. The molecule has 108 valence electrons. The van der Waals surface area contributed by atoms with Crippen molar-refractivity contribution in [3.8, 4) is 0 Å². The zero-order valence-corrected chi connectivity index (χ0v) is 11.9. The Morgan fingerprint density at radius 1 is 1.50 bits per heavy atom. The Kier molecular flexibility index (Phi) is 4.70. The molecule has 0 aliphatic rings. The number of oxazole rings is 1. The molecule has 0 aliphatic carbocycles. The molecule has 1 aromatic carbocycles. The highest BCUT2D eigenvalue weighted by atomic mass is 16.5. The van der Waals surface area contributed by atoms with Crippen molar-refractivity contribution < 1.29 is 13.9 Å². The average Bonchev–Trinajstić information content (AvgIpc) is 2.81. The summed E-state index contributed by atoms with van der Waals surface area (Å²) >= 11 is 0. The Hall–Kier alpha value is -1.92. The fourth-order valence-corrected chi connectivity index (χ4v) is 1.90. The SMILES string of the molecule is CNCC(C)C(=O)Nc1ccc2oc(COC)nc2c1. The average molecular weight is 277 g/mol. The van der Waals surface area contributed by atoms with Crippen molar-refractivity contribution in [3.05, 3.63) is 24.1 Å². The van der Waals surface area contributed by atoms with E-state index < -0.39 is 0 Å². The summed E-state index contributed by atoms with van der Waals surface area (Å²) in [5, 5.41) is 5.85. The Labute approximate surface area is 117 Å². The van der Waals surface area contributed by atoms with Crippen molar-refractivity contribution in [1.29, 1.82) is 0 Å². The number of rotatable bonds is 6. The van der Waals surface area contributed by atoms with Crippen LogP contribution in [0.3, 0.4) is 0 Å². The van der Waals surface area contributed by atoms with Gasteiger partial charge in [-0.1, -0.05) is 6.92 Å². The predicted octanol–water partition coefficient (Wildman–Crippen LogP) is 1.77. The molecule has 20 heavy (non-hydrogen) atoms. The fourth-order valence-electron chi connectivity index (χ4n) is 1.90. The van der Waals surface area contributed by atoms with Crippen molar-refractivity contribution in [1.82, 2.24) is 10.3 Å². The number of methoxy groups -OCH3 is 1. The maximum Gasteiger partial charge on any atom is 0.228 e. The number of amides is 1. The summed E-state index contributed by atoms with van der Waals surface area (Å²) < 4.78 is 10.5. The first-order valence-corrected chi connectivity index (χ1v) is 6.48. The lowest BCUT2D eigenvalue weighted by atomic mass is 10.1. The highest BCUT2D eigenvalue weighted by molar-refractivity contribution is 5.94. The second kappa shape index (κ2) is 6.49. The molecule has 1 atom stereocenters. The van der Waals surface area contributed by atoms with Crippen LogP contribution in [0.1, 0.15) is 12.8 Å². The molecule has 2 N–H and O–H groups in total. The van der Waals surface area contributed by atoms with Crippen LogP contribution in [0.2, 0.25) is 0 Å².